The lowest BCUT2D eigenvalue weighted by atomic mass is 10.5. The van der Waals surface area contributed by atoms with E-state index in [2.05, 4.69) is 9.78 Å². The first-order valence-electron chi connectivity index (χ1n) is 2.29. The molecular weight excluding hydrogens is 163 g/mol. The number of alkyl halides is 1. The van der Waals surface area contributed by atoms with Gasteiger partial charge in [-0.05, 0) is 12.2 Å². The van der Waals surface area contributed by atoms with Crippen LogP contribution in [0.25, 0.3) is 0 Å². The van der Waals surface area contributed by atoms with Gasteiger partial charge in [-0.2, -0.15) is 4.89 Å². The average Bonchev–Trinajstić information content (AvgIpc) is 1.99. The summed E-state index contributed by atoms with van der Waals surface area (Å²) in [4.78, 5) is 8.92. The molecule has 50 valence electrons. The van der Waals surface area contributed by atoms with Crippen LogP contribution in [0.3, 0.4) is 0 Å². The molecule has 0 N–H and O–H groups in total. The molecule has 0 aliphatic carbocycles. The van der Waals surface area contributed by atoms with Crippen molar-refractivity contribution in [1.82, 2.24) is 0 Å². The summed E-state index contributed by atoms with van der Waals surface area (Å²) in [6, 6.07) is 0. The Hall–Kier alpha value is -0.180. The first-order valence-corrected chi connectivity index (χ1v) is 3.10. The third-order valence-electron chi connectivity index (χ3n) is 0.746. The molecule has 2 nitrogen and oxygen atoms in total. The van der Waals surface area contributed by atoms with Crippen LogP contribution >= 0.6 is 23.2 Å². The van der Waals surface area contributed by atoms with Crippen LogP contribution < -0.4 is 0 Å². The van der Waals surface area contributed by atoms with E-state index in [1.807, 2.05) is 0 Å². The first kappa shape index (κ1) is 6.93. The quantitative estimate of drug-likeness (QED) is 0.406. The van der Waals surface area contributed by atoms with Crippen molar-refractivity contribution in [1.29, 1.82) is 0 Å². The van der Waals surface area contributed by atoms with Gasteiger partial charge in [0.25, 0.3) is 0 Å². The molecule has 0 bridgehead atoms. The van der Waals surface area contributed by atoms with Crippen LogP contribution in [0.1, 0.15) is 0 Å². The summed E-state index contributed by atoms with van der Waals surface area (Å²) in [6.07, 6.45) is 4.56. The van der Waals surface area contributed by atoms with Crippen LogP contribution in [0.5, 0.6) is 0 Å². The second kappa shape index (κ2) is 3.11. The molecule has 0 fully saturated rings. The molecule has 1 aliphatic rings. The van der Waals surface area contributed by atoms with Gasteiger partial charge < -0.3 is 4.89 Å². The van der Waals surface area contributed by atoms with E-state index in [9.17, 15) is 0 Å². The highest BCUT2D eigenvalue weighted by Crippen LogP contribution is 2.18. The normalized spacial score (nSPS) is 26.4. The minimum atomic E-state index is -0.693. The maximum atomic E-state index is 5.54. The molecule has 1 rings (SSSR count). The maximum absolute atomic E-state index is 5.54. The highest BCUT2D eigenvalue weighted by molar-refractivity contribution is 6.36. The zero-order chi connectivity index (χ0) is 6.69. The van der Waals surface area contributed by atoms with E-state index in [1.165, 1.54) is 6.26 Å². The molecule has 1 unspecified atom stereocenters. The molecule has 0 saturated heterocycles. The van der Waals surface area contributed by atoms with Crippen molar-refractivity contribution in [2.45, 2.75) is 5.56 Å². The van der Waals surface area contributed by atoms with Crippen LogP contribution in [0, 0.1) is 0 Å². The third kappa shape index (κ3) is 1.90. The Morgan fingerprint density at radius 3 is 3.11 bits per heavy atom. The van der Waals surface area contributed by atoms with Crippen molar-refractivity contribution in [3.8, 4) is 0 Å². The largest absolute Gasteiger partial charge is 0.344 e. The summed E-state index contributed by atoms with van der Waals surface area (Å²) >= 11 is 11.0. The minimum absolute atomic E-state index is 0.408. The summed E-state index contributed by atoms with van der Waals surface area (Å²) in [5.74, 6) is 0. The van der Waals surface area contributed by atoms with E-state index in [-0.39, 0.29) is 0 Å². The smallest absolute Gasteiger partial charge is 0.213 e. The lowest BCUT2D eigenvalue weighted by Crippen LogP contribution is -2.01. The predicted octanol–water partition coefficient (Wildman–Crippen LogP) is 2.15. The van der Waals surface area contributed by atoms with Crippen molar-refractivity contribution in [2.24, 2.45) is 0 Å². The molecule has 9 heavy (non-hydrogen) atoms. The predicted molar refractivity (Wildman–Crippen MR) is 34.9 cm³/mol. The Morgan fingerprint density at radius 2 is 2.33 bits per heavy atom. The fourth-order valence-corrected chi connectivity index (χ4v) is 0.590. The molecule has 1 atom stereocenters. The molecule has 0 aromatic rings. The summed E-state index contributed by atoms with van der Waals surface area (Å²) in [6.45, 7) is 0. The fourth-order valence-electron chi connectivity index (χ4n) is 0.366. The van der Waals surface area contributed by atoms with Crippen LogP contribution in [-0.4, -0.2) is 5.56 Å². The number of rotatable bonds is 0. The Morgan fingerprint density at radius 1 is 1.56 bits per heavy atom. The Balaban J connectivity index is 2.63. The standard InChI is InChI=1S/C5H4Cl2O2/c6-4-2-1-3-8-9-5(4)7/h1-3,5H. The van der Waals surface area contributed by atoms with Crippen LogP contribution in [0.4, 0.5) is 0 Å². The van der Waals surface area contributed by atoms with Crippen LogP contribution in [0.15, 0.2) is 23.4 Å². The first-order chi connectivity index (χ1) is 4.30. The van der Waals surface area contributed by atoms with Gasteiger partial charge in [0.05, 0.1) is 5.03 Å². The number of allylic oxidation sites excluding steroid dienone is 2. The zero-order valence-corrected chi connectivity index (χ0v) is 5.89. The molecule has 0 radical (unpaired) electrons. The maximum Gasteiger partial charge on any atom is 0.213 e. The highest BCUT2D eigenvalue weighted by Gasteiger charge is 2.10. The Labute approximate surface area is 62.6 Å². The van der Waals surface area contributed by atoms with E-state index >= 15 is 0 Å². The van der Waals surface area contributed by atoms with Crippen molar-refractivity contribution < 1.29 is 9.78 Å². The Bertz CT molecular complexity index is 153. The number of hydrogen-bond acceptors (Lipinski definition) is 2. The monoisotopic (exact) mass is 166 g/mol. The summed E-state index contributed by atoms with van der Waals surface area (Å²) in [7, 11) is 0. The van der Waals surface area contributed by atoms with E-state index in [0.717, 1.165) is 0 Å². The van der Waals surface area contributed by atoms with Crippen molar-refractivity contribution in [3.63, 3.8) is 0 Å². The van der Waals surface area contributed by atoms with Gasteiger partial charge in [0.15, 0.2) is 0 Å². The van der Waals surface area contributed by atoms with Crippen molar-refractivity contribution in [3.05, 3.63) is 23.4 Å². The molecule has 0 amide bonds. The topological polar surface area (TPSA) is 18.5 Å². The van der Waals surface area contributed by atoms with Gasteiger partial charge in [-0.25, -0.2) is 0 Å². The summed E-state index contributed by atoms with van der Waals surface area (Å²) < 4.78 is 0. The van der Waals surface area contributed by atoms with Gasteiger partial charge in [0.1, 0.15) is 6.26 Å². The SMILES string of the molecule is ClC1=CC=COOC1Cl. The zero-order valence-electron chi connectivity index (χ0n) is 4.38. The van der Waals surface area contributed by atoms with Gasteiger partial charge in [0.2, 0.25) is 5.56 Å². The third-order valence-corrected chi connectivity index (χ3v) is 1.49. The molecule has 4 heteroatoms. The molecule has 0 saturated carbocycles. The number of halogens is 2. The van der Waals surface area contributed by atoms with E-state index in [4.69, 9.17) is 23.2 Å². The van der Waals surface area contributed by atoms with Gasteiger partial charge in [0, 0.05) is 0 Å². The van der Waals surface area contributed by atoms with Gasteiger partial charge in [-0.3, -0.25) is 0 Å². The van der Waals surface area contributed by atoms with Gasteiger partial charge >= 0.3 is 0 Å². The molecule has 1 aliphatic heterocycles. The fraction of sp³-hybridized carbons (Fsp3) is 0.200. The van der Waals surface area contributed by atoms with Crippen LogP contribution in [0.2, 0.25) is 0 Å². The highest BCUT2D eigenvalue weighted by atomic mass is 35.5. The summed E-state index contributed by atoms with van der Waals surface area (Å²) in [5, 5.41) is 0.408. The lowest BCUT2D eigenvalue weighted by molar-refractivity contribution is -0.251. The second-order valence-electron chi connectivity index (χ2n) is 1.39. The molecule has 0 aromatic heterocycles. The average molecular weight is 167 g/mol. The second-order valence-corrected chi connectivity index (χ2v) is 2.22. The lowest BCUT2D eigenvalue weighted by Gasteiger charge is -2.02. The van der Waals surface area contributed by atoms with Gasteiger partial charge in [-0.1, -0.05) is 23.2 Å². The van der Waals surface area contributed by atoms with Crippen molar-refractivity contribution >= 4 is 23.2 Å². The minimum Gasteiger partial charge on any atom is -0.344 e. The molecular formula is C5H4Cl2O2. The van der Waals surface area contributed by atoms with E-state index < -0.39 is 5.56 Å². The van der Waals surface area contributed by atoms with Gasteiger partial charge in [-0.15, -0.1) is 0 Å². The van der Waals surface area contributed by atoms with Crippen molar-refractivity contribution in [2.75, 3.05) is 0 Å². The molecule has 0 aromatic carbocycles. The number of hydrogen-bond donors (Lipinski definition) is 0. The molecule has 1 heterocycles. The summed E-state index contributed by atoms with van der Waals surface area (Å²) in [5.41, 5.74) is -0.693. The van der Waals surface area contributed by atoms with E-state index in [1.54, 1.807) is 12.2 Å². The molecule has 0 spiro atoms. The van der Waals surface area contributed by atoms with Crippen LogP contribution in [-0.2, 0) is 9.78 Å². The van der Waals surface area contributed by atoms with E-state index in [0.29, 0.717) is 5.03 Å². The Kier molecular flexibility index (Phi) is 2.39.